The van der Waals surface area contributed by atoms with Crippen LogP contribution in [0.15, 0.2) is 30.3 Å². The summed E-state index contributed by atoms with van der Waals surface area (Å²) in [5, 5.41) is 4.22. The van der Waals surface area contributed by atoms with Crippen LogP contribution in [0.4, 0.5) is 5.13 Å². The van der Waals surface area contributed by atoms with E-state index in [0.717, 1.165) is 17.4 Å². The van der Waals surface area contributed by atoms with Crippen molar-refractivity contribution in [3.05, 3.63) is 41.7 Å². The summed E-state index contributed by atoms with van der Waals surface area (Å²) in [5.41, 5.74) is 1.27. The number of hydrogen-bond donors (Lipinski definition) is 1. The summed E-state index contributed by atoms with van der Waals surface area (Å²) in [4.78, 5) is 4.49. The number of rotatable bonds is 3. The van der Waals surface area contributed by atoms with Gasteiger partial charge in [0.15, 0.2) is 0 Å². The summed E-state index contributed by atoms with van der Waals surface area (Å²) in [7, 11) is 0. The van der Waals surface area contributed by atoms with Gasteiger partial charge in [0.2, 0.25) is 5.13 Å². The Morgan fingerprint density at radius 3 is 2.53 bits per heavy atom. The van der Waals surface area contributed by atoms with Crippen LogP contribution in [-0.4, -0.2) is 14.9 Å². The second-order valence-corrected chi connectivity index (χ2v) is 5.80. The molecule has 0 saturated carbocycles. The van der Waals surface area contributed by atoms with Gasteiger partial charge >= 0.3 is 0 Å². The van der Waals surface area contributed by atoms with Crippen molar-refractivity contribution in [1.82, 2.24) is 9.36 Å². The van der Waals surface area contributed by atoms with Crippen LogP contribution < -0.4 is 5.32 Å². The predicted octanol–water partition coefficient (Wildman–Crippen LogP) is 3.34. The smallest absolute Gasteiger partial charge is 0.202 e. The molecule has 0 aliphatic heterocycles. The van der Waals surface area contributed by atoms with Crippen molar-refractivity contribution >= 4 is 16.7 Å². The molecule has 0 radical (unpaired) electrons. The van der Waals surface area contributed by atoms with Crippen LogP contribution in [0.25, 0.3) is 0 Å². The minimum atomic E-state index is 0.0313. The molecule has 0 aliphatic carbocycles. The number of benzene rings is 1. The Morgan fingerprint density at radius 1 is 1.18 bits per heavy atom. The lowest BCUT2D eigenvalue weighted by Crippen LogP contribution is -2.25. The molecule has 17 heavy (non-hydrogen) atoms. The van der Waals surface area contributed by atoms with Gasteiger partial charge in [-0.1, -0.05) is 30.3 Å². The first-order valence-electron chi connectivity index (χ1n) is 5.68. The van der Waals surface area contributed by atoms with Crippen molar-refractivity contribution in [2.24, 2.45) is 0 Å². The lowest BCUT2D eigenvalue weighted by molar-refractivity contribution is 0.633. The molecule has 0 aliphatic rings. The van der Waals surface area contributed by atoms with Gasteiger partial charge in [-0.3, -0.25) is 0 Å². The maximum Gasteiger partial charge on any atom is 0.202 e. The zero-order valence-electron chi connectivity index (χ0n) is 10.4. The van der Waals surface area contributed by atoms with Gasteiger partial charge in [0.1, 0.15) is 5.82 Å². The summed E-state index contributed by atoms with van der Waals surface area (Å²) in [5.74, 6) is 0.882. The van der Waals surface area contributed by atoms with Crippen molar-refractivity contribution in [2.45, 2.75) is 32.7 Å². The molecule has 2 aromatic rings. The molecular formula is C13H17N3S. The highest BCUT2D eigenvalue weighted by Gasteiger charge is 2.12. The van der Waals surface area contributed by atoms with Gasteiger partial charge in [0, 0.05) is 23.5 Å². The molecule has 0 bridgehead atoms. The lowest BCUT2D eigenvalue weighted by Gasteiger charge is -2.18. The average Bonchev–Trinajstić information content (AvgIpc) is 2.64. The fourth-order valence-corrected chi connectivity index (χ4v) is 2.27. The highest BCUT2D eigenvalue weighted by Crippen LogP contribution is 2.18. The highest BCUT2D eigenvalue weighted by atomic mass is 32.1. The Bertz CT molecular complexity index is 471. The van der Waals surface area contributed by atoms with Crippen molar-refractivity contribution < 1.29 is 0 Å². The van der Waals surface area contributed by atoms with Crippen molar-refractivity contribution in [3.63, 3.8) is 0 Å². The second kappa shape index (κ2) is 4.84. The minimum Gasteiger partial charge on any atom is -0.356 e. The van der Waals surface area contributed by atoms with Crippen LogP contribution in [0.3, 0.4) is 0 Å². The summed E-state index contributed by atoms with van der Waals surface area (Å²) in [6.45, 7) is 6.35. The van der Waals surface area contributed by atoms with Gasteiger partial charge in [-0.15, -0.1) is 0 Å². The van der Waals surface area contributed by atoms with Gasteiger partial charge in [-0.2, -0.15) is 4.37 Å². The fraction of sp³-hybridized carbons (Fsp3) is 0.385. The molecule has 0 unspecified atom stereocenters. The van der Waals surface area contributed by atoms with Gasteiger partial charge in [0.05, 0.1) is 0 Å². The summed E-state index contributed by atoms with van der Waals surface area (Å²) in [6.07, 6.45) is 0.795. The third kappa shape index (κ3) is 3.82. The lowest BCUT2D eigenvalue weighted by atomic mass is 10.1. The first-order chi connectivity index (χ1) is 8.03. The molecule has 4 heteroatoms. The first kappa shape index (κ1) is 12.0. The molecule has 0 spiro atoms. The largest absolute Gasteiger partial charge is 0.356 e. The van der Waals surface area contributed by atoms with Crippen LogP contribution in [0.5, 0.6) is 0 Å². The number of aromatic nitrogens is 2. The molecule has 0 saturated heterocycles. The van der Waals surface area contributed by atoms with Gasteiger partial charge in [-0.05, 0) is 26.3 Å². The van der Waals surface area contributed by atoms with E-state index in [4.69, 9.17) is 0 Å². The van der Waals surface area contributed by atoms with E-state index in [-0.39, 0.29) is 5.54 Å². The third-order valence-corrected chi connectivity index (χ3v) is 2.82. The Kier molecular flexibility index (Phi) is 3.43. The van der Waals surface area contributed by atoms with E-state index in [1.807, 2.05) is 18.2 Å². The number of nitrogens with one attached hydrogen (secondary N) is 1. The van der Waals surface area contributed by atoms with Crippen LogP contribution >= 0.6 is 11.5 Å². The van der Waals surface area contributed by atoms with E-state index in [9.17, 15) is 0 Å². The normalized spacial score (nSPS) is 11.5. The minimum absolute atomic E-state index is 0.0313. The van der Waals surface area contributed by atoms with E-state index in [2.05, 4.69) is 47.6 Å². The summed E-state index contributed by atoms with van der Waals surface area (Å²) >= 11 is 1.42. The fourth-order valence-electron chi connectivity index (χ4n) is 1.48. The zero-order chi connectivity index (χ0) is 12.3. The number of anilines is 1. The summed E-state index contributed by atoms with van der Waals surface area (Å²) in [6, 6.07) is 10.3. The van der Waals surface area contributed by atoms with Gasteiger partial charge in [0.25, 0.3) is 0 Å². The Hall–Kier alpha value is -1.42. The molecule has 1 N–H and O–H groups in total. The average molecular weight is 247 g/mol. The van der Waals surface area contributed by atoms with Crippen LogP contribution in [0.1, 0.15) is 32.2 Å². The first-order valence-corrected chi connectivity index (χ1v) is 6.45. The Labute approximate surface area is 106 Å². The van der Waals surface area contributed by atoms with Crippen LogP contribution in [-0.2, 0) is 6.42 Å². The highest BCUT2D eigenvalue weighted by molar-refractivity contribution is 7.09. The van der Waals surface area contributed by atoms with Crippen LogP contribution in [0, 0.1) is 0 Å². The Morgan fingerprint density at radius 2 is 1.88 bits per heavy atom. The van der Waals surface area contributed by atoms with E-state index in [1.54, 1.807) is 0 Å². The van der Waals surface area contributed by atoms with Gasteiger partial charge in [-0.25, -0.2) is 4.98 Å². The molecular weight excluding hydrogens is 230 g/mol. The maximum atomic E-state index is 4.49. The molecule has 1 aromatic heterocycles. The quantitative estimate of drug-likeness (QED) is 0.904. The third-order valence-electron chi connectivity index (χ3n) is 2.16. The molecule has 90 valence electrons. The molecule has 0 amide bonds. The van der Waals surface area contributed by atoms with Crippen molar-refractivity contribution in [3.8, 4) is 0 Å². The number of hydrogen-bond acceptors (Lipinski definition) is 4. The SMILES string of the molecule is CC(C)(C)Nc1nc(Cc2ccccc2)ns1. The monoisotopic (exact) mass is 247 g/mol. The Balaban J connectivity index is 2.04. The van der Waals surface area contributed by atoms with Crippen molar-refractivity contribution in [1.29, 1.82) is 0 Å². The van der Waals surface area contributed by atoms with Crippen molar-refractivity contribution in [2.75, 3.05) is 5.32 Å². The topological polar surface area (TPSA) is 37.8 Å². The van der Waals surface area contributed by atoms with E-state index in [0.29, 0.717) is 0 Å². The maximum absolute atomic E-state index is 4.49. The summed E-state index contributed by atoms with van der Waals surface area (Å²) < 4.78 is 4.36. The predicted molar refractivity (Wildman–Crippen MR) is 72.5 cm³/mol. The van der Waals surface area contributed by atoms with E-state index in [1.165, 1.54) is 17.1 Å². The molecule has 3 nitrogen and oxygen atoms in total. The molecule has 1 heterocycles. The standard InChI is InChI=1S/C13H17N3S/c1-13(2,3)15-12-14-11(16-17-12)9-10-7-5-4-6-8-10/h4-8H,9H2,1-3H3,(H,14,15,16). The molecule has 1 aromatic carbocycles. The number of nitrogens with zero attached hydrogens (tertiary/aromatic N) is 2. The molecule has 0 atom stereocenters. The van der Waals surface area contributed by atoms with E-state index >= 15 is 0 Å². The van der Waals surface area contributed by atoms with Crippen LogP contribution in [0.2, 0.25) is 0 Å². The molecule has 0 fully saturated rings. The van der Waals surface area contributed by atoms with E-state index < -0.39 is 0 Å². The zero-order valence-corrected chi connectivity index (χ0v) is 11.2. The van der Waals surface area contributed by atoms with Gasteiger partial charge < -0.3 is 5.32 Å². The second-order valence-electron chi connectivity index (χ2n) is 5.05. The molecule has 2 rings (SSSR count).